The lowest BCUT2D eigenvalue weighted by Crippen LogP contribution is -2.24. The second kappa shape index (κ2) is 7.83. The fraction of sp³-hybridized carbons (Fsp3) is 0.100. The Bertz CT molecular complexity index is 1230. The van der Waals surface area contributed by atoms with Gasteiger partial charge in [-0.25, -0.2) is 9.67 Å². The van der Waals surface area contributed by atoms with Crippen molar-refractivity contribution in [3.63, 3.8) is 0 Å². The van der Waals surface area contributed by atoms with Crippen LogP contribution in [0.25, 0.3) is 16.7 Å². The number of nitrogens with one attached hydrogen (secondary N) is 1. The van der Waals surface area contributed by atoms with Gasteiger partial charge in [-0.1, -0.05) is 59.7 Å². The van der Waals surface area contributed by atoms with Gasteiger partial charge in [0.2, 0.25) is 0 Å². The van der Waals surface area contributed by atoms with Gasteiger partial charge in [0.05, 0.1) is 30.1 Å². The van der Waals surface area contributed by atoms with Gasteiger partial charge in [0, 0.05) is 21.3 Å². The summed E-state index contributed by atoms with van der Waals surface area (Å²) >= 11 is 17.7. The number of rotatable bonds is 5. The molecular weight excluding hydrogens is 413 g/mol. The average molecular weight is 428 g/mol. The number of aromatic nitrogens is 4. The van der Waals surface area contributed by atoms with Crippen molar-refractivity contribution >= 4 is 51.3 Å². The first kappa shape index (κ1) is 18.8. The van der Waals surface area contributed by atoms with Gasteiger partial charge in [-0.3, -0.25) is 5.41 Å². The van der Waals surface area contributed by atoms with Crippen LogP contribution in [-0.4, -0.2) is 24.2 Å². The number of hydrogen-bond donors (Lipinski definition) is 1. The van der Waals surface area contributed by atoms with Crippen molar-refractivity contribution in [2.45, 2.75) is 13.0 Å². The van der Waals surface area contributed by atoms with Crippen molar-refractivity contribution in [2.24, 2.45) is 0 Å². The molecule has 0 fully saturated rings. The summed E-state index contributed by atoms with van der Waals surface area (Å²) in [6.07, 6.45) is 3.81. The van der Waals surface area contributed by atoms with Crippen molar-refractivity contribution < 1.29 is 0 Å². The molecule has 2 aromatic carbocycles. The summed E-state index contributed by atoms with van der Waals surface area (Å²) in [7, 11) is 0. The molecule has 4 rings (SSSR count). The van der Waals surface area contributed by atoms with E-state index in [0.717, 1.165) is 16.1 Å². The Balaban J connectivity index is 1.60. The van der Waals surface area contributed by atoms with Crippen molar-refractivity contribution in [3.8, 4) is 5.69 Å². The van der Waals surface area contributed by atoms with Crippen LogP contribution in [0.3, 0.4) is 0 Å². The minimum atomic E-state index is 0.316. The molecule has 2 heterocycles. The van der Waals surface area contributed by atoms with Gasteiger partial charge in [-0.2, -0.15) is 5.10 Å². The molecule has 0 radical (unpaired) electrons. The first-order valence-electron chi connectivity index (χ1n) is 8.52. The van der Waals surface area contributed by atoms with Crippen LogP contribution in [0.5, 0.6) is 0 Å². The summed E-state index contributed by atoms with van der Waals surface area (Å²) in [6.45, 7) is 0.395. The lowest BCUT2D eigenvalue weighted by atomic mass is 10.1. The zero-order valence-corrected chi connectivity index (χ0v) is 17.0. The standard InChI is InChI=1S/C20H15Cl2N5S/c21-14-7-6-13(18(22)9-14)8-16(28)11-26-12-24-20-17(19(26)23)10-25-27(20)15-4-2-1-3-5-15/h1-7,9-10,12,23H,8,11H2. The van der Waals surface area contributed by atoms with E-state index in [9.17, 15) is 0 Å². The van der Waals surface area contributed by atoms with E-state index >= 15 is 0 Å². The maximum atomic E-state index is 8.53. The van der Waals surface area contributed by atoms with Crippen molar-refractivity contribution in [1.82, 2.24) is 19.3 Å². The monoisotopic (exact) mass is 427 g/mol. The third-order valence-corrected chi connectivity index (χ3v) is 5.22. The van der Waals surface area contributed by atoms with Gasteiger partial charge in [0.15, 0.2) is 5.65 Å². The van der Waals surface area contributed by atoms with Crippen LogP contribution < -0.4 is 5.49 Å². The number of thiocarbonyl (C=S) groups is 1. The lowest BCUT2D eigenvalue weighted by Gasteiger charge is -2.10. The summed E-state index contributed by atoms with van der Waals surface area (Å²) in [5, 5.41) is 14.8. The number of hydrogen-bond acceptors (Lipinski definition) is 4. The van der Waals surface area contributed by atoms with E-state index < -0.39 is 0 Å². The molecule has 0 atom stereocenters. The Hall–Kier alpha value is -2.54. The fourth-order valence-electron chi connectivity index (χ4n) is 2.97. The SMILES string of the molecule is N=c1c2cnn(-c3ccccc3)c2ncn1CC(=S)Cc1ccc(Cl)cc1Cl. The average Bonchev–Trinajstić information content (AvgIpc) is 3.12. The second-order valence-corrected chi connectivity index (χ2v) is 7.72. The molecule has 4 aromatic rings. The third kappa shape index (κ3) is 3.71. The molecule has 0 bridgehead atoms. The summed E-state index contributed by atoms with van der Waals surface area (Å²) < 4.78 is 3.44. The van der Waals surface area contributed by atoms with Gasteiger partial charge in [-0.05, 0) is 29.8 Å². The van der Waals surface area contributed by atoms with Crippen LogP contribution in [0.4, 0.5) is 0 Å². The molecule has 0 saturated carbocycles. The van der Waals surface area contributed by atoms with E-state index in [1.165, 1.54) is 0 Å². The summed E-state index contributed by atoms with van der Waals surface area (Å²) in [6, 6.07) is 15.1. The van der Waals surface area contributed by atoms with Gasteiger partial charge >= 0.3 is 0 Å². The number of nitrogens with zero attached hydrogens (tertiary/aromatic N) is 4. The molecule has 140 valence electrons. The Morgan fingerprint density at radius 1 is 1.11 bits per heavy atom. The largest absolute Gasteiger partial charge is 0.312 e. The molecule has 0 spiro atoms. The molecule has 0 aliphatic carbocycles. The molecule has 28 heavy (non-hydrogen) atoms. The first-order chi connectivity index (χ1) is 13.5. The van der Waals surface area contributed by atoms with E-state index in [1.807, 2.05) is 36.4 Å². The molecule has 8 heteroatoms. The number of benzene rings is 2. The Morgan fingerprint density at radius 3 is 2.64 bits per heavy atom. The molecular formula is C20H15Cl2N5S. The van der Waals surface area contributed by atoms with Crippen molar-refractivity contribution in [3.05, 3.63) is 82.2 Å². The maximum Gasteiger partial charge on any atom is 0.168 e. The highest BCUT2D eigenvalue weighted by Gasteiger charge is 2.11. The van der Waals surface area contributed by atoms with E-state index in [2.05, 4.69) is 10.1 Å². The smallest absolute Gasteiger partial charge is 0.168 e. The minimum Gasteiger partial charge on any atom is -0.312 e. The van der Waals surface area contributed by atoms with E-state index in [4.69, 9.17) is 40.8 Å². The Labute approximate surface area is 176 Å². The highest BCUT2D eigenvalue weighted by Crippen LogP contribution is 2.22. The van der Waals surface area contributed by atoms with Gasteiger partial charge in [-0.15, -0.1) is 0 Å². The first-order valence-corrected chi connectivity index (χ1v) is 9.68. The molecule has 0 aliphatic rings. The van der Waals surface area contributed by atoms with E-state index in [1.54, 1.807) is 33.9 Å². The van der Waals surface area contributed by atoms with Crippen LogP contribution in [0.2, 0.25) is 10.0 Å². The minimum absolute atomic E-state index is 0.316. The zero-order valence-electron chi connectivity index (χ0n) is 14.6. The van der Waals surface area contributed by atoms with Gasteiger partial charge < -0.3 is 4.57 Å². The van der Waals surface area contributed by atoms with E-state index in [0.29, 0.717) is 39.5 Å². The lowest BCUT2D eigenvalue weighted by molar-refractivity contribution is 0.758. The van der Waals surface area contributed by atoms with Crippen LogP contribution in [0.15, 0.2) is 61.1 Å². The van der Waals surface area contributed by atoms with Crippen LogP contribution in [0.1, 0.15) is 5.56 Å². The molecule has 0 aliphatic heterocycles. The highest BCUT2D eigenvalue weighted by molar-refractivity contribution is 7.80. The van der Waals surface area contributed by atoms with Crippen molar-refractivity contribution in [2.75, 3.05) is 0 Å². The van der Waals surface area contributed by atoms with Crippen LogP contribution in [0, 0.1) is 5.41 Å². The third-order valence-electron chi connectivity index (χ3n) is 4.36. The highest BCUT2D eigenvalue weighted by atomic mass is 35.5. The summed E-state index contributed by atoms with van der Waals surface area (Å²) in [4.78, 5) is 5.26. The number of para-hydroxylation sites is 1. The molecule has 2 aromatic heterocycles. The fourth-order valence-corrected chi connectivity index (χ4v) is 3.74. The quantitative estimate of drug-likeness (QED) is 0.472. The number of fused-ring (bicyclic) bond motifs is 1. The molecule has 1 N–H and O–H groups in total. The molecule has 5 nitrogen and oxygen atoms in total. The van der Waals surface area contributed by atoms with Crippen molar-refractivity contribution in [1.29, 1.82) is 5.41 Å². The topological polar surface area (TPSA) is 59.5 Å². The second-order valence-electron chi connectivity index (χ2n) is 6.30. The number of halogens is 2. The van der Waals surface area contributed by atoms with Crippen LogP contribution in [-0.2, 0) is 13.0 Å². The maximum absolute atomic E-state index is 8.53. The zero-order chi connectivity index (χ0) is 19.7. The van der Waals surface area contributed by atoms with Gasteiger partial charge in [0.1, 0.15) is 5.49 Å². The van der Waals surface area contributed by atoms with Crippen LogP contribution >= 0.6 is 35.4 Å². The molecule has 0 unspecified atom stereocenters. The Morgan fingerprint density at radius 2 is 1.89 bits per heavy atom. The normalized spacial score (nSPS) is 11.1. The predicted molar refractivity (Wildman–Crippen MR) is 115 cm³/mol. The molecule has 0 amide bonds. The predicted octanol–water partition coefficient (Wildman–Crippen LogP) is 4.62. The van der Waals surface area contributed by atoms with Gasteiger partial charge in [0.25, 0.3) is 0 Å². The molecule has 0 saturated heterocycles. The van der Waals surface area contributed by atoms with E-state index in [-0.39, 0.29) is 0 Å². The summed E-state index contributed by atoms with van der Waals surface area (Å²) in [5.41, 5.74) is 2.76. The Kier molecular flexibility index (Phi) is 5.26. The summed E-state index contributed by atoms with van der Waals surface area (Å²) in [5.74, 6) is 0.